The predicted molar refractivity (Wildman–Crippen MR) is 106 cm³/mol. The Kier molecular flexibility index (Phi) is 7.36. The second kappa shape index (κ2) is 8.99. The van der Waals surface area contributed by atoms with Crippen molar-refractivity contribution in [3.05, 3.63) is 29.0 Å². The molecule has 1 saturated heterocycles. The normalized spacial score (nSPS) is 20.0. The quantitative estimate of drug-likeness (QED) is 0.625. The molecule has 0 aliphatic carbocycles. The van der Waals surface area contributed by atoms with Crippen LogP contribution in [0.2, 0.25) is 10.8 Å². The lowest BCUT2D eigenvalue weighted by atomic mass is 9.63. The van der Waals surface area contributed by atoms with Gasteiger partial charge in [0.1, 0.15) is 0 Å². The van der Waals surface area contributed by atoms with E-state index in [9.17, 15) is 9.18 Å². The Hall–Kier alpha value is -1.35. The Bertz CT molecular complexity index is 687. The second-order valence-electron chi connectivity index (χ2n) is 7.96. The van der Waals surface area contributed by atoms with Crippen LogP contribution in [0.25, 0.3) is 0 Å². The van der Waals surface area contributed by atoms with Crippen molar-refractivity contribution in [3.8, 4) is 5.75 Å². The van der Waals surface area contributed by atoms with Crippen molar-refractivity contribution in [2.24, 2.45) is 11.7 Å². The van der Waals surface area contributed by atoms with Gasteiger partial charge in [0.15, 0.2) is 11.6 Å². The van der Waals surface area contributed by atoms with Crippen molar-refractivity contribution in [2.75, 3.05) is 20.3 Å². The third-order valence-electron chi connectivity index (χ3n) is 5.45. The number of carbonyl (C=O) groups excluding carboxylic acids is 1. The summed E-state index contributed by atoms with van der Waals surface area (Å²) >= 11 is 5.76. The molecule has 1 amide bonds. The van der Waals surface area contributed by atoms with Gasteiger partial charge < -0.3 is 24.5 Å². The van der Waals surface area contributed by atoms with Gasteiger partial charge in [-0.3, -0.25) is 4.79 Å². The average Bonchev–Trinajstić information content (AvgIpc) is 2.79. The monoisotopic (exact) mass is 415 g/mol. The van der Waals surface area contributed by atoms with Crippen molar-refractivity contribution >= 4 is 24.6 Å². The molecule has 1 aromatic carbocycles. The number of primary amides is 1. The van der Waals surface area contributed by atoms with Crippen LogP contribution in [0.4, 0.5) is 4.39 Å². The Morgan fingerprint density at radius 2 is 1.89 bits per heavy atom. The highest BCUT2D eigenvalue weighted by molar-refractivity contribution is 6.48. The van der Waals surface area contributed by atoms with Gasteiger partial charge in [-0.1, -0.05) is 11.6 Å². The fourth-order valence-corrected chi connectivity index (χ4v) is 3.24. The third-order valence-corrected chi connectivity index (χ3v) is 5.69. The fourth-order valence-electron chi connectivity index (χ4n) is 3.08. The molecule has 1 unspecified atom stereocenters. The molecule has 1 aromatic rings. The van der Waals surface area contributed by atoms with Crippen LogP contribution in [-0.2, 0) is 18.8 Å². The van der Waals surface area contributed by atoms with Gasteiger partial charge in [0.25, 0.3) is 0 Å². The first kappa shape index (κ1) is 22.9. The van der Waals surface area contributed by atoms with Crippen LogP contribution in [0.5, 0.6) is 5.75 Å². The van der Waals surface area contributed by atoms with Gasteiger partial charge in [-0.2, -0.15) is 0 Å². The Balaban J connectivity index is 2.15. The van der Waals surface area contributed by atoms with Gasteiger partial charge in [-0.25, -0.2) is 4.39 Å². The van der Waals surface area contributed by atoms with Crippen molar-refractivity contribution in [1.82, 2.24) is 0 Å². The van der Waals surface area contributed by atoms with Gasteiger partial charge in [0, 0.05) is 17.9 Å². The van der Waals surface area contributed by atoms with Gasteiger partial charge in [-0.05, 0) is 52.3 Å². The summed E-state index contributed by atoms with van der Waals surface area (Å²) in [5.41, 5.74) is 4.48. The van der Waals surface area contributed by atoms with E-state index in [0.717, 1.165) is 0 Å². The van der Waals surface area contributed by atoms with Crippen molar-refractivity contribution in [1.29, 1.82) is 0 Å². The molecule has 6 nitrogen and oxygen atoms in total. The molecule has 0 saturated carbocycles. The van der Waals surface area contributed by atoms with E-state index in [1.807, 2.05) is 27.7 Å². The lowest BCUT2D eigenvalue weighted by Crippen LogP contribution is -2.41. The molecule has 1 fully saturated rings. The summed E-state index contributed by atoms with van der Waals surface area (Å²) in [6.45, 7) is 7.98. The summed E-state index contributed by atoms with van der Waals surface area (Å²) in [7, 11) is 0.827. The molecule has 1 aliphatic heterocycles. The van der Waals surface area contributed by atoms with E-state index < -0.39 is 41.8 Å². The smallest absolute Gasteiger partial charge is 0.462 e. The summed E-state index contributed by atoms with van der Waals surface area (Å²) in [5.74, 6) is -2.05. The van der Waals surface area contributed by atoms with Gasteiger partial charge in [0.05, 0.1) is 30.3 Å². The van der Waals surface area contributed by atoms with E-state index in [-0.39, 0.29) is 24.0 Å². The zero-order chi connectivity index (χ0) is 21.1. The first-order chi connectivity index (χ1) is 13.0. The van der Waals surface area contributed by atoms with Crippen LogP contribution in [0.15, 0.2) is 18.2 Å². The summed E-state index contributed by atoms with van der Waals surface area (Å²) in [6.07, 6.45) is 0.357. The highest BCUT2D eigenvalue weighted by atomic mass is 35.5. The maximum atomic E-state index is 13.9. The Labute approximate surface area is 170 Å². The maximum Gasteiger partial charge on any atom is 0.462 e. The summed E-state index contributed by atoms with van der Waals surface area (Å²) < 4.78 is 36.9. The lowest BCUT2D eigenvalue weighted by molar-refractivity contribution is -0.123. The average molecular weight is 416 g/mol. The number of hydrogen-bond donors (Lipinski definition) is 1. The number of ether oxygens (including phenoxy) is 2. The van der Waals surface area contributed by atoms with E-state index in [2.05, 4.69) is 0 Å². The van der Waals surface area contributed by atoms with E-state index in [4.69, 9.17) is 36.1 Å². The minimum Gasteiger partial charge on any atom is -0.491 e. The van der Waals surface area contributed by atoms with E-state index in [0.29, 0.717) is 6.42 Å². The number of rotatable bonds is 9. The molecule has 2 atom stereocenters. The van der Waals surface area contributed by atoms with Crippen LogP contribution < -0.4 is 10.5 Å². The zero-order valence-electron chi connectivity index (χ0n) is 17.0. The van der Waals surface area contributed by atoms with E-state index >= 15 is 0 Å². The zero-order valence-corrected chi connectivity index (χ0v) is 17.7. The predicted octanol–water partition coefficient (Wildman–Crippen LogP) is 3.46. The third kappa shape index (κ3) is 5.17. The minimum absolute atomic E-state index is 0.0828. The lowest BCUT2D eigenvalue weighted by Gasteiger charge is -2.32. The number of methoxy groups -OCH3 is 1. The highest BCUT2D eigenvalue weighted by Gasteiger charge is 2.55. The van der Waals surface area contributed by atoms with Crippen molar-refractivity contribution in [3.63, 3.8) is 0 Å². The van der Waals surface area contributed by atoms with Gasteiger partial charge in [0.2, 0.25) is 5.91 Å². The number of carbonyl (C=O) groups is 1. The molecule has 0 aromatic heterocycles. The molecule has 0 spiro atoms. The van der Waals surface area contributed by atoms with Crippen LogP contribution >= 0.6 is 11.6 Å². The number of benzene rings is 1. The Morgan fingerprint density at radius 1 is 1.29 bits per heavy atom. The SMILES string of the molecule is COCC(C(N)=O)[C@@H](CCOc1ccc(Cl)cc1F)B1OC(C)(C)C(C)(C)O1. The molecule has 1 aliphatic rings. The van der Waals surface area contributed by atoms with Gasteiger partial charge in [-0.15, -0.1) is 0 Å². The molecule has 0 radical (unpaired) electrons. The minimum atomic E-state index is -0.670. The summed E-state index contributed by atoms with van der Waals surface area (Å²) in [6, 6.07) is 4.19. The number of halogens is 2. The summed E-state index contributed by atoms with van der Waals surface area (Å²) in [4.78, 5) is 12.1. The molecule has 9 heteroatoms. The van der Waals surface area contributed by atoms with Gasteiger partial charge >= 0.3 is 7.12 Å². The molecule has 0 bridgehead atoms. The number of nitrogens with two attached hydrogens (primary N) is 1. The fraction of sp³-hybridized carbons (Fsp3) is 0.632. The molecular weight excluding hydrogens is 387 g/mol. The van der Waals surface area contributed by atoms with Crippen LogP contribution in [0.1, 0.15) is 34.1 Å². The Morgan fingerprint density at radius 3 is 2.39 bits per heavy atom. The second-order valence-corrected chi connectivity index (χ2v) is 8.40. The highest BCUT2D eigenvalue weighted by Crippen LogP contribution is 2.43. The van der Waals surface area contributed by atoms with Crippen LogP contribution in [0, 0.1) is 11.7 Å². The summed E-state index contributed by atoms with van der Waals surface area (Å²) in [5, 5.41) is 0.286. The van der Waals surface area contributed by atoms with Crippen LogP contribution in [0.3, 0.4) is 0 Å². The molecule has 28 heavy (non-hydrogen) atoms. The molecule has 1 heterocycles. The van der Waals surface area contributed by atoms with E-state index in [1.54, 1.807) is 6.07 Å². The standard InChI is InChI=1S/C19H28BClFNO5/c1-18(2)19(3,4)28-20(27-18)14(13(11-25-5)17(23)24)8-9-26-16-7-6-12(21)10-15(16)22/h6-7,10,13-14H,8-9,11H2,1-5H3,(H2,23,24)/t13?,14-/m1/s1. The van der Waals surface area contributed by atoms with Crippen LogP contribution in [-0.4, -0.2) is 44.6 Å². The largest absolute Gasteiger partial charge is 0.491 e. The van der Waals surface area contributed by atoms with E-state index in [1.165, 1.54) is 19.2 Å². The maximum absolute atomic E-state index is 13.9. The number of amides is 1. The van der Waals surface area contributed by atoms with Crippen molar-refractivity contribution < 1.29 is 28.0 Å². The van der Waals surface area contributed by atoms with Crippen molar-refractivity contribution in [2.45, 2.75) is 51.1 Å². The molecular formula is C19H28BClFNO5. The molecule has 2 N–H and O–H groups in total. The number of hydrogen-bond acceptors (Lipinski definition) is 5. The first-order valence-corrected chi connectivity index (χ1v) is 9.58. The first-order valence-electron chi connectivity index (χ1n) is 9.20. The topological polar surface area (TPSA) is 80.0 Å². The molecule has 156 valence electrons. The molecule has 2 rings (SSSR count).